The van der Waals surface area contributed by atoms with Crippen molar-refractivity contribution in [3.05, 3.63) is 59.7 Å². The van der Waals surface area contributed by atoms with Gasteiger partial charge in [0.15, 0.2) is 5.78 Å². The normalized spacial score (nSPS) is 11.3. The molecule has 25 heavy (non-hydrogen) atoms. The van der Waals surface area contributed by atoms with Gasteiger partial charge in [0.25, 0.3) is 10.0 Å². The zero-order chi connectivity index (χ0) is 18.4. The summed E-state index contributed by atoms with van der Waals surface area (Å²) in [6.07, 6.45) is 1.28. The van der Waals surface area contributed by atoms with Gasteiger partial charge in [-0.2, -0.15) is 0 Å². The summed E-state index contributed by atoms with van der Waals surface area (Å²) in [6, 6.07) is 13.2. The Hall–Kier alpha value is -2.58. The maximum absolute atomic E-state index is 12.2. The number of rotatable bonds is 5. The van der Waals surface area contributed by atoms with E-state index in [1.54, 1.807) is 36.4 Å². The number of thiocarbonyl (C=S) groups is 1. The first-order chi connectivity index (χ1) is 11.8. The lowest BCUT2D eigenvalue weighted by molar-refractivity contribution is 0.101. The average Bonchev–Trinajstić information content (AvgIpc) is 2.55. The quantitative estimate of drug-likeness (QED) is 0.363. The number of carbonyl (C=O) groups excluding carboxylic acids is 1. The van der Waals surface area contributed by atoms with Crippen LogP contribution in [0.3, 0.4) is 0 Å². The Morgan fingerprint density at radius 2 is 1.68 bits per heavy atom. The molecule has 2 aromatic rings. The Labute approximate surface area is 152 Å². The van der Waals surface area contributed by atoms with Gasteiger partial charge in [0.05, 0.1) is 11.2 Å². The van der Waals surface area contributed by atoms with Gasteiger partial charge in [0.1, 0.15) is 0 Å². The molecule has 8 heteroatoms. The Bertz CT molecular complexity index is 903. The molecule has 6 nitrogen and oxygen atoms in total. The Morgan fingerprint density at radius 1 is 1.08 bits per heavy atom. The van der Waals surface area contributed by atoms with E-state index in [-0.39, 0.29) is 15.8 Å². The van der Waals surface area contributed by atoms with Crippen LogP contribution in [0.1, 0.15) is 22.8 Å². The van der Waals surface area contributed by atoms with Gasteiger partial charge in [-0.05, 0) is 62.5 Å². The van der Waals surface area contributed by atoms with E-state index in [1.165, 1.54) is 25.4 Å². The zero-order valence-electron chi connectivity index (χ0n) is 13.7. The van der Waals surface area contributed by atoms with Gasteiger partial charge in [-0.3, -0.25) is 9.52 Å². The summed E-state index contributed by atoms with van der Waals surface area (Å²) in [5.74, 6) is -0.0214. The van der Waals surface area contributed by atoms with Gasteiger partial charge < -0.3 is 5.32 Å². The predicted octanol–water partition coefficient (Wildman–Crippen LogP) is 2.90. The number of anilines is 1. The molecule has 0 heterocycles. The SMILES string of the molecule is CC(=O)c1ccc(N/C=N\C(=S)NS(=O)(=O)c2ccc(C)cc2)cc1. The van der Waals surface area contributed by atoms with E-state index in [9.17, 15) is 13.2 Å². The molecule has 0 atom stereocenters. The van der Waals surface area contributed by atoms with E-state index in [4.69, 9.17) is 12.2 Å². The van der Waals surface area contributed by atoms with Crippen LogP contribution in [0.4, 0.5) is 5.69 Å². The summed E-state index contributed by atoms with van der Waals surface area (Å²) in [7, 11) is -3.76. The lowest BCUT2D eigenvalue weighted by atomic mass is 10.1. The minimum absolute atomic E-state index is 0.0214. The third-order valence-electron chi connectivity index (χ3n) is 3.26. The molecule has 0 aromatic heterocycles. The summed E-state index contributed by atoms with van der Waals surface area (Å²) >= 11 is 4.93. The fourth-order valence-corrected chi connectivity index (χ4v) is 3.16. The van der Waals surface area contributed by atoms with Crippen LogP contribution in [0, 0.1) is 6.92 Å². The number of ketones is 1. The lowest BCUT2D eigenvalue weighted by Crippen LogP contribution is -2.28. The van der Waals surface area contributed by atoms with Gasteiger partial charge in [-0.25, -0.2) is 13.4 Å². The largest absolute Gasteiger partial charge is 0.346 e. The molecular weight excluding hydrogens is 358 g/mol. The fourth-order valence-electron chi connectivity index (χ4n) is 1.88. The zero-order valence-corrected chi connectivity index (χ0v) is 15.3. The number of hydrogen-bond acceptors (Lipinski definition) is 4. The Morgan fingerprint density at radius 3 is 2.24 bits per heavy atom. The first-order valence-corrected chi connectivity index (χ1v) is 9.20. The molecule has 0 fully saturated rings. The van der Waals surface area contributed by atoms with E-state index in [2.05, 4.69) is 15.0 Å². The first kappa shape index (κ1) is 18.8. The number of aliphatic imine (C=N–C) groups is 1. The standard InChI is InChI=1S/C17H17N3O3S2/c1-12-3-9-16(10-4-12)25(22,23)20-17(24)19-11-18-15-7-5-14(6-8-15)13(2)21/h3-11H,1-2H3,(H2,18,19,20,24). The third kappa shape index (κ3) is 5.47. The molecular formula is C17H17N3O3S2. The Kier molecular flexibility index (Phi) is 6.00. The van der Waals surface area contributed by atoms with Crippen molar-refractivity contribution in [1.82, 2.24) is 4.72 Å². The molecule has 0 spiro atoms. The van der Waals surface area contributed by atoms with Crippen LogP contribution in [0.2, 0.25) is 0 Å². The van der Waals surface area contributed by atoms with Crippen LogP contribution in [0.15, 0.2) is 58.4 Å². The maximum Gasteiger partial charge on any atom is 0.263 e. The molecule has 0 amide bonds. The molecule has 2 rings (SSSR count). The van der Waals surface area contributed by atoms with Gasteiger partial charge in [0, 0.05) is 11.3 Å². The summed E-state index contributed by atoms with van der Waals surface area (Å²) in [5.41, 5.74) is 2.25. The van der Waals surface area contributed by atoms with Crippen molar-refractivity contribution in [3.8, 4) is 0 Å². The number of aryl methyl sites for hydroxylation is 1. The highest BCUT2D eigenvalue weighted by Gasteiger charge is 2.14. The molecule has 2 aromatic carbocycles. The molecule has 0 bridgehead atoms. The second kappa shape index (κ2) is 8.00. The van der Waals surface area contributed by atoms with Crippen molar-refractivity contribution < 1.29 is 13.2 Å². The molecule has 0 unspecified atom stereocenters. The monoisotopic (exact) mass is 375 g/mol. The number of nitrogens with zero attached hydrogens (tertiary/aromatic N) is 1. The molecule has 0 saturated carbocycles. The van der Waals surface area contributed by atoms with Crippen LogP contribution < -0.4 is 10.0 Å². The van der Waals surface area contributed by atoms with E-state index >= 15 is 0 Å². The highest BCUT2D eigenvalue weighted by molar-refractivity contribution is 7.91. The molecule has 0 aliphatic carbocycles. The number of nitrogens with one attached hydrogen (secondary N) is 2. The lowest BCUT2D eigenvalue weighted by Gasteiger charge is -2.06. The van der Waals surface area contributed by atoms with Gasteiger partial charge >= 0.3 is 0 Å². The third-order valence-corrected chi connectivity index (χ3v) is 4.95. The van der Waals surface area contributed by atoms with Crippen molar-refractivity contribution in [3.63, 3.8) is 0 Å². The van der Waals surface area contributed by atoms with Gasteiger partial charge in [0.2, 0.25) is 5.11 Å². The first-order valence-electron chi connectivity index (χ1n) is 7.31. The topological polar surface area (TPSA) is 87.6 Å². The second-order valence-corrected chi connectivity index (χ2v) is 7.33. The molecule has 0 aliphatic rings. The predicted molar refractivity (Wildman–Crippen MR) is 103 cm³/mol. The highest BCUT2D eigenvalue weighted by Crippen LogP contribution is 2.10. The second-order valence-electron chi connectivity index (χ2n) is 5.26. The Balaban J connectivity index is 1.96. The molecule has 2 N–H and O–H groups in total. The number of benzene rings is 2. The van der Waals surface area contributed by atoms with E-state index < -0.39 is 10.0 Å². The van der Waals surface area contributed by atoms with Gasteiger partial charge in [-0.15, -0.1) is 0 Å². The van der Waals surface area contributed by atoms with Crippen LogP contribution >= 0.6 is 12.2 Å². The van der Waals surface area contributed by atoms with Crippen LogP contribution in [-0.2, 0) is 10.0 Å². The maximum atomic E-state index is 12.2. The summed E-state index contributed by atoms with van der Waals surface area (Å²) < 4.78 is 26.6. The summed E-state index contributed by atoms with van der Waals surface area (Å²) in [5, 5.41) is 2.66. The number of Topliss-reactive ketones (excluding diaryl/α,β-unsaturated/α-hetero) is 1. The minimum atomic E-state index is -3.76. The van der Waals surface area contributed by atoms with Crippen molar-refractivity contribution in [2.75, 3.05) is 5.32 Å². The average molecular weight is 375 g/mol. The summed E-state index contributed by atoms with van der Waals surface area (Å²) in [6.45, 7) is 3.36. The van der Waals surface area contributed by atoms with Gasteiger partial charge in [-0.1, -0.05) is 17.7 Å². The number of hydrogen-bond donors (Lipinski definition) is 2. The summed E-state index contributed by atoms with van der Waals surface area (Å²) in [4.78, 5) is 15.2. The van der Waals surface area contributed by atoms with Crippen molar-refractivity contribution in [1.29, 1.82) is 0 Å². The minimum Gasteiger partial charge on any atom is -0.346 e. The fraction of sp³-hybridized carbons (Fsp3) is 0.118. The van der Waals surface area contributed by atoms with E-state index in [1.807, 2.05) is 6.92 Å². The van der Waals surface area contributed by atoms with Crippen molar-refractivity contribution in [2.24, 2.45) is 4.99 Å². The molecule has 130 valence electrons. The van der Waals surface area contributed by atoms with Crippen LogP contribution in [0.25, 0.3) is 0 Å². The van der Waals surface area contributed by atoms with Crippen LogP contribution in [0.5, 0.6) is 0 Å². The smallest absolute Gasteiger partial charge is 0.263 e. The molecule has 0 aliphatic heterocycles. The number of carbonyl (C=O) groups is 1. The molecule has 0 saturated heterocycles. The van der Waals surface area contributed by atoms with Crippen molar-refractivity contribution >= 4 is 45.2 Å². The molecule has 0 radical (unpaired) electrons. The van der Waals surface area contributed by atoms with E-state index in [0.717, 1.165) is 5.56 Å². The van der Waals surface area contributed by atoms with Crippen LogP contribution in [-0.4, -0.2) is 25.7 Å². The van der Waals surface area contributed by atoms with E-state index in [0.29, 0.717) is 11.3 Å². The highest BCUT2D eigenvalue weighted by atomic mass is 32.2. The van der Waals surface area contributed by atoms with Crippen molar-refractivity contribution in [2.45, 2.75) is 18.7 Å². The number of sulfonamides is 1.